The van der Waals surface area contributed by atoms with Crippen molar-refractivity contribution in [2.24, 2.45) is 23.7 Å². The smallest absolute Gasteiger partial charge is 0.311 e. The molecule has 1 aromatic rings. The number of carbonyl (C=O) groups excluding carboxylic acids is 1. The number of methoxy groups -OCH3 is 1. The van der Waals surface area contributed by atoms with E-state index in [1.807, 2.05) is 52.9 Å². The second-order valence-electron chi connectivity index (χ2n) is 18.2. The third-order valence-corrected chi connectivity index (χ3v) is 13.6. The summed E-state index contributed by atoms with van der Waals surface area (Å²) in [5.74, 6) is -2.76. The molecule has 4 aliphatic rings. The van der Waals surface area contributed by atoms with Gasteiger partial charge >= 0.3 is 5.97 Å². The van der Waals surface area contributed by atoms with Gasteiger partial charge in [0.25, 0.3) is 0 Å². The number of benzene rings is 1. The van der Waals surface area contributed by atoms with Gasteiger partial charge in [0.1, 0.15) is 23.9 Å². The standard InChI is InChI=1S/C43H71NO12/c1-13-31(45)43(10,49)38-25(4)34-23(2)20-42(9,56-34)37(55-40-33(46)30(19-24(3)51-40)44(11)22-29-17-15-14-16-18-29)26(5)35(27(6)39(48)54-38)53-32-21-41(8,50-12)36(47)28(7)52-32/h14-18,23-28,30-38,40,45-47,49H,13,19-22H2,1-12H3/t23?,24?,25-,26-,27+,28?,30?,31+,32-,33?,34?,35-,36-,37+,38+,40-,41?,42+,43+/m0/s1. The summed E-state index contributed by atoms with van der Waals surface area (Å²) >= 11 is 0. The fourth-order valence-electron chi connectivity index (χ4n) is 10.1. The lowest BCUT2D eigenvalue weighted by Crippen LogP contribution is -2.60. The largest absolute Gasteiger partial charge is 0.459 e. The Bertz CT molecular complexity index is 1430. The highest BCUT2D eigenvalue weighted by atomic mass is 16.7. The van der Waals surface area contributed by atoms with Gasteiger partial charge < -0.3 is 53.6 Å². The molecule has 4 saturated heterocycles. The molecule has 7 unspecified atom stereocenters. The lowest BCUT2D eigenvalue weighted by molar-refractivity contribution is -0.318. The number of aliphatic hydroxyl groups is 4. The van der Waals surface area contributed by atoms with Gasteiger partial charge in [0.05, 0.1) is 53.7 Å². The predicted octanol–water partition coefficient (Wildman–Crippen LogP) is 4.19. The number of cyclic esters (lactones) is 1. The van der Waals surface area contributed by atoms with Crippen molar-refractivity contribution >= 4 is 5.97 Å². The average molecular weight is 794 g/mol. The van der Waals surface area contributed by atoms with Gasteiger partial charge in [-0.25, -0.2) is 0 Å². The van der Waals surface area contributed by atoms with Crippen LogP contribution < -0.4 is 0 Å². The Morgan fingerprint density at radius 3 is 2.29 bits per heavy atom. The van der Waals surface area contributed by atoms with Crippen LogP contribution in [0.5, 0.6) is 0 Å². The van der Waals surface area contributed by atoms with Crippen molar-refractivity contribution in [2.45, 2.75) is 192 Å². The van der Waals surface area contributed by atoms with Crippen molar-refractivity contribution in [1.82, 2.24) is 4.90 Å². The number of esters is 1. The zero-order valence-corrected chi connectivity index (χ0v) is 35.7. The molecule has 5 rings (SSSR count). The van der Waals surface area contributed by atoms with Crippen LogP contribution in [0.3, 0.4) is 0 Å². The second kappa shape index (κ2) is 17.8. The molecule has 4 aliphatic heterocycles. The van der Waals surface area contributed by atoms with Crippen LogP contribution in [0.1, 0.15) is 100 Å². The number of aliphatic hydroxyl groups excluding tert-OH is 3. The molecule has 4 heterocycles. The molecular weight excluding hydrogens is 722 g/mol. The van der Waals surface area contributed by atoms with Crippen LogP contribution in [-0.4, -0.2) is 136 Å². The van der Waals surface area contributed by atoms with Crippen molar-refractivity contribution in [3.63, 3.8) is 0 Å². The monoisotopic (exact) mass is 793 g/mol. The third kappa shape index (κ3) is 9.18. The number of fused-ring (bicyclic) bond motifs is 2. The summed E-state index contributed by atoms with van der Waals surface area (Å²) < 4.78 is 45.6. The van der Waals surface area contributed by atoms with Crippen LogP contribution >= 0.6 is 0 Å². The van der Waals surface area contributed by atoms with E-state index in [1.54, 1.807) is 27.7 Å². The molecule has 4 N–H and O–H groups in total. The first-order valence-electron chi connectivity index (χ1n) is 20.7. The van der Waals surface area contributed by atoms with Crippen LogP contribution in [0.4, 0.5) is 0 Å². The van der Waals surface area contributed by atoms with Gasteiger partial charge in [0.15, 0.2) is 12.6 Å². The van der Waals surface area contributed by atoms with Crippen molar-refractivity contribution in [2.75, 3.05) is 14.2 Å². The summed E-state index contributed by atoms with van der Waals surface area (Å²) in [6.07, 6.45) is -7.70. The lowest BCUT2D eigenvalue weighted by Gasteiger charge is -2.48. The number of nitrogens with zero attached hydrogens (tertiary/aromatic N) is 1. The maximum Gasteiger partial charge on any atom is 0.311 e. The van der Waals surface area contributed by atoms with E-state index in [4.69, 9.17) is 33.2 Å². The summed E-state index contributed by atoms with van der Waals surface area (Å²) in [6.45, 7) is 19.0. The van der Waals surface area contributed by atoms with Crippen LogP contribution in [-0.2, 0) is 44.5 Å². The Kier molecular flexibility index (Phi) is 14.4. The quantitative estimate of drug-likeness (QED) is 0.236. The van der Waals surface area contributed by atoms with E-state index >= 15 is 0 Å². The first-order chi connectivity index (χ1) is 26.2. The normalized spacial score (nSPS) is 45.4. The van der Waals surface area contributed by atoms with E-state index in [2.05, 4.69) is 24.0 Å². The lowest BCUT2D eigenvalue weighted by atomic mass is 9.76. The number of ether oxygens (including phenoxy) is 7. The number of carbonyl (C=O) groups is 1. The number of hydrogen-bond donors (Lipinski definition) is 4. The van der Waals surface area contributed by atoms with Crippen molar-refractivity contribution < 1.29 is 58.4 Å². The Hall–Kier alpha value is -1.75. The molecule has 56 heavy (non-hydrogen) atoms. The van der Waals surface area contributed by atoms with Crippen molar-refractivity contribution in [1.29, 1.82) is 0 Å². The summed E-state index contributed by atoms with van der Waals surface area (Å²) in [5.41, 5.74) is -2.65. The highest BCUT2D eigenvalue weighted by Gasteiger charge is 2.59. The van der Waals surface area contributed by atoms with E-state index in [9.17, 15) is 25.2 Å². The molecular formula is C43H71NO12. The first kappa shape index (κ1) is 45.3. The molecule has 1 aromatic carbocycles. The van der Waals surface area contributed by atoms with Gasteiger partial charge in [-0.15, -0.1) is 0 Å². The van der Waals surface area contributed by atoms with Gasteiger partial charge in [-0.2, -0.15) is 0 Å². The highest BCUT2D eigenvalue weighted by molar-refractivity contribution is 5.73. The van der Waals surface area contributed by atoms with E-state index in [1.165, 1.54) is 14.0 Å². The summed E-state index contributed by atoms with van der Waals surface area (Å²) in [5, 5.41) is 46.0. The molecule has 0 amide bonds. The molecule has 13 nitrogen and oxygen atoms in total. The Morgan fingerprint density at radius 2 is 1.66 bits per heavy atom. The third-order valence-electron chi connectivity index (χ3n) is 13.6. The maximum absolute atomic E-state index is 14.4. The molecule has 0 saturated carbocycles. The summed E-state index contributed by atoms with van der Waals surface area (Å²) in [6, 6.07) is 9.82. The Labute approximate surface area is 334 Å². The SMILES string of the molecule is CC[C@@H](O)[C@@](C)(O)[C@@H]1OC(=O)[C@H](C)[C@@H](O[C@H]2CC(C)(OC)[C@@H](O)C(C)O2)[C@H](C)[C@@H](O[C@@H]2OC(C)CC(N(C)Cc3ccccc3)C2O)[C@@]2(C)CC(C)C(O2)[C@@H]1C. The summed E-state index contributed by atoms with van der Waals surface area (Å²) in [4.78, 5) is 16.6. The van der Waals surface area contributed by atoms with Crippen molar-refractivity contribution in [3.05, 3.63) is 35.9 Å². The minimum Gasteiger partial charge on any atom is -0.459 e. The second-order valence-corrected chi connectivity index (χ2v) is 18.2. The van der Waals surface area contributed by atoms with Gasteiger partial charge in [-0.3, -0.25) is 9.69 Å². The maximum atomic E-state index is 14.4. The predicted molar refractivity (Wildman–Crippen MR) is 208 cm³/mol. The molecule has 4 fully saturated rings. The topological polar surface area (TPSA) is 166 Å². The van der Waals surface area contributed by atoms with Crippen LogP contribution in [0, 0.1) is 23.7 Å². The molecule has 0 spiro atoms. The number of likely N-dealkylation sites (N-methyl/N-ethyl adjacent to an activating group) is 1. The number of hydrogen-bond acceptors (Lipinski definition) is 13. The zero-order chi connectivity index (χ0) is 41.5. The van der Waals surface area contributed by atoms with E-state index in [-0.39, 0.29) is 30.9 Å². The fourth-order valence-corrected chi connectivity index (χ4v) is 10.1. The van der Waals surface area contributed by atoms with Crippen molar-refractivity contribution in [3.8, 4) is 0 Å². The minimum atomic E-state index is -1.80. The number of rotatable bonds is 11. The fraction of sp³-hybridized carbons (Fsp3) is 0.837. The molecule has 320 valence electrons. The average Bonchev–Trinajstić information content (AvgIpc) is 3.47. The van der Waals surface area contributed by atoms with Gasteiger partial charge in [-0.1, -0.05) is 58.0 Å². The first-order valence-corrected chi connectivity index (χ1v) is 20.7. The minimum absolute atomic E-state index is 0.0763. The molecule has 19 atom stereocenters. The molecule has 13 heteroatoms. The van der Waals surface area contributed by atoms with Gasteiger partial charge in [-0.05, 0) is 79.3 Å². The van der Waals surface area contributed by atoms with Crippen LogP contribution in [0.2, 0.25) is 0 Å². The Morgan fingerprint density at radius 1 is 1.00 bits per heavy atom. The Balaban J connectivity index is 1.55. The van der Waals surface area contributed by atoms with E-state index < -0.39 is 102 Å². The van der Waals surface area contributed by atoms with Gasteiger partial charge in [0, 0.05) is 38.0 Å². The van der Waals surface area contributed by atoms with E-state index in [0.717, 1.165) is 5.56 Å². The molecule has 0 aliphatic carbocycles. The zero-order valence-electron chi connectivity index (χ0n) is 35.7. The molecule has 0 radical (unpaired) electrons. The van der Waals surface area contributed by atoms with Gasteiger partial charge in [0.2, 0.25) is 0 Å². The van der Waals surface area contributed by atoms with Crippen LogP contribution in [0.25, 0.3) is 0 Å². The highest BCUT2D eigenvalue weighted by Crippen LogP contribution is 2.48. The molecule has 2 bridgehead atoms. The summed E-state index contributed by atoms with van der Waals surface area (Å²) in [7, 11) is 3.53. The van der Waals surface area contributed by atoms with Crippen LogP contribution in [0.15, 0.2) is 30.3 Å². The molecule has 0 aromatic heterocycles. The van der Waals surface area contributed by atoms with E-state index in [0.29, 0.717) is 19.4 Å².